The number of hydrogen-bond acceptors (Lipinski definition) is 3. The lowest BCUT2D eigenvalue weighted by Crippen LogP contribution is -2.31. The third-order valence-electron chi connectivity index (χ3n) is 3.64. The summed E-state index contributed by atoms with van der Waals surface area (Å²) in [4.78, 5) is 15.9. The van der Waals surface area contributed by atoms with Crippen molar-refractivity contribution < 1.29 is 4.79 Å². The van der Waals surface area contributed by atoms with Gasteiger partial charge in [0.2, 0.25) is 0 Å². The second-order valence-electron chi connectivity index (χ2n) is 5.40. The van der Waals surface area contributed by atoms with Crippen molar-refractivity contribution in [3.8, 4) is 11.3 Å². The lowest BCUT2D eigenvalue weighted by atomic mass is 10.2. The zero-order valence-electron chi connectivity index (χ0n) is 13.4. The van der Waals surface area contributed by atoms with Crippen molar-refractivity contribution in [1.82, 2.24) is 20.1 Å². The second kappa shape index (κ2) is 7.41. The SMILES string of the molecule is Cc1ccccc1NC(=O)NCCn1ccc(-c2ccncc2)n1. The zero-order valence-corrected chi connectivity index (χ0v) is 13.4. The Balaban J connectivity index is 1.49. The second-order valence-corrected chi connectivity index (χ2v) is 5.40. The standard InChI is InChI=1S/C18H19N5O/c1-14-4-2-3-5-16(14)21-18(24)20-11-13-23-12-8-17(22-23)15-6-9-19-10-7-15/h2-10,12H,11,13H2,1H3,(H2,20,21,24). The number of nitrogens with one attached hydrogen (secondary N) is 2. The molecule has 0 saturated carbocycles. The average molecular weight is 321 g/mol. The number of aromatic nitrogens is 3. The maximum absolute atomic E-state index is 11.9. The van der Waals surface area contributed by atoms with Gasteiger partial charge in [0.15, 0.2) is 0 Å². The average Bonchev–Trinajstić information content (AvgIpc) is 3.07. The van der Waals surface area contributed by atoms with E-state index < -0.39 is 0 Å². The van der Waals surface area contributed by atoms with Crippen LogP contribution in [0.4, 0.5) is 10.5 Å². The Kier molecular flexibility index (Phi) is 4.86. The minimum atomic E-state index is -0.217. The number of amides is 2. The molecule has 6 heteroatoms. The molecule has 6 nitrogen and oxygen atoms in total. The van der Waals surface area contributed by atoms with Crippen molar-refractivity contribution in [2.45, 2.75) is 13.5 Å². The van der Waals surface area contributed by atoms with Crippen LogP contribution in [0.2, 0.25) is 0 Å². The van der Waals surface area contributed by atoms with E-state index in [2.05, 4.69) is 20.7 Å². The number of aryl methyl sites for hydroxylation is 1. The predicted octanol–water partition coefficient (Wildman–Crippen LogP) is 3.08. The van der Waals surface area contributed by atoms with Gasteiger partial charge < -0.3 is 10.6 Å². The van der Waals surface area contributed by atoms with E-state index in [4.69, 9.17) is 0 Å². The molecule has 0 radical (unpaired) electrons. The summed E-state index contributed by atoms with van der Waals surface area (Å²) in [6.45, 7) is 3.06. The summed E-state index contributed by atoms with van der Waals surface area (Å²) in [6.07, 6.45) is 5.38. The summed E-state index contributed by atoms with van der Waals surface area (Å²) >= 11 is 0. The zero-order chi connectivity index (χ0) is 16.8. The highest BCUT2D eigenvalue weighted by Crippen LogP contribution is 2.15. The van der Waals surface area contributed by atoms with Gasteiger partial charge in [0, 0.05) is 36.4 Å². The molecule has 3 aromatic rings. The van der Waals surface area contributed by atoms with Gasteiger partial charge in [-0.1, -0.05) is 18.2 Å². The highest BCUT2D eigenvalue weighted by molar-refractivity contribution is 5.89. The van der Waals surface area contributed by atoms with Crippen LogP contribution in [0.5, 0.6) is 0 Å². The molecule has 0 bridgehead atoms. The number of nitrogens with zero attached hydrogens (tertiary/aromatic N) is 3. The first-order chi connectivity index (χ1) is 11.7. The Hall–Kier alpha value is -3.15. The van der Waals surface area contributed by atoms with E-state index in [0.29, 0.717) is 13.1 Å². The highest BCUT2D eigenvalue weighted by Gasteiger charge is 2.04. The fourth-order valence-corrected chi connectivity index (χ4v) is 2.33. The van der Waals surface area contributed by atoms with Crippen LogP contribution in [-0.2, 0) is 6.54 Å². The van der Waals surface area contributed by atoms with Gasteiger partial charge in [-0.25, -0.2) is 4.79 Å². The number of carbonyl (C=O) groups excluding carboxylic acids is 1. The molecule has 0 spiro atoms. The van der Waals surface area contributed by atoms with Crippen LogP contribution in [0, 0.1) is 6.92 Å². The van der Waals surface area contributed by atoms with Crippen molar-refractivity contribution in [3.05, 3.63) is 66.6 Å². The van der Waals surface area contributed by atoms with E-state index in [1.54, 1.807) is 12.4 Å². The maximum Gasteiger partial charge on any atom is 0.319 e. The van der Waals surface area contributed by atoms with Crippen LogP contribution in [0.1, 0.15) is 5.56 Å². The van der Waals surface area contributed by atoms with Gasteiger partial charge in [-0.15, -0.1) is 0 Å². The molecule has 2 N–H and O–H groups in total. The van der Waals surface area contributed by atoms with Gasteiger partial charge in [-0.05, 0) is 36.8 Å². The normalized spacial score (nSPS) is 10.4. The number of urea groups is 1. The van der Waals surface area contributed by atoms with Gasteiger partial charge >= 0.3 is 6.03 Å². The summed E-state index contributed by atoms with van der Waals surface area (Å²) in [5, 5.41) is 10.2. The summed E-state index contributed by atoms with van der Waals surface area (Å²) in [6, 6.07) is 13.2. The molecule has 3 rings (SSSR count). The number of para-hydroxylation sites is 1. The molecule has 0 aliphatic heterocycles. The number of rotatable bonds is 5. The molecule has 0 aliphatic rings. The fourth-order valence-electron chi connectivity index (χ4n) is 2.33. The topological polar surface area (TPSA) is 71.8 Å². The first-order valence-electron chi connectivity index (χ1n) is 7.77. The van der Waals surface area contributed by atoms with Gasteiger partial charge in [0.05, 0.1) is 12.2 Å². The van der Waals surface area contributed by atoms with Gasteiger partial charge in [-0.2, -0.15) is 5.10 Å². The Labute approximate surface area is 140 Å². The van der Waals surface area contributed by atoms with E-state index in [-0.39, 0.29) is 6.03 Å². The molecule has 0 fully saturated rings. The third kappa shape index (κ3) is 3.98. The van der Waals surface area contributed by atoms with E-state index in [1.807, 2.05) is 60.3 Å². The summed E-state index contributed by atoms with van der Waals surface area (Å²) < 4.78 is 1.81. The van der Waals surface area contributed by atoms with E-state index in [0.717, 1.165) is 22.5 Å². The van der Waals surface area contributed by atoms with Crippen molar-refractivity contribution >= 4 is 11.7 Å². The number of carbonyl (C=O) groups is 1. The fraction of sp³-hybridized carbons (Fsp3) is 0.167. The molecule has 2 amide bonds. The van der Waals surface area contributed by atoms with Gasteiger partial charge in [-0.3, -0.25) is 9.67 Å². The summed E-state index contributed by atoms with van der Waals surface area (Å²) in [7, 11) is 0. The molecule has 0 unspecified atom stereocenters. The first kappa shape index (κ1) is 15.7. The number of pyridine rings is 1. The molecular weight excluding hydrogens is 302 g/mol. The molecule has 2 heterocycles. The Morgan fingerprint density at radius 3 is 2.71 bits per heavy atom. The monoisotopic (exact) mass is 321 g/mol. The number of anilines is 1. The Morgan fingerprint density at radius 1 is 1.12 bits per heavy atom. The molecule has 0 saturated heterocycles. The van der Waals surface area contributed by atoms with Crippen LogP contribution in [0.15, 0.2) is 61.1 Å². The minimum Gasteiger partial charge on any atom is -0.336 e. The van der Waals surface area contributed by atoms with E-state index in [9.17, 15) is 4.79 Å². The largest absolute Gasteiger partial charge is 0.336 e. The molecule has 2 aromatic heterocycles. The summed E-state index contributed by atoms with van der Waals surface area (Å²) in [5.41, 5.74) is 3.76. The Bertz CT molecular complexity index is 813. The van der Waals surface area contributed by atoms with Crippen LogP contribution >= 0.6 is 0 Å². The quantitative estimate of drug-likeness (QED) is 0.758. The summed E-state index contributed by atoms with van der Waals surface area (Å²) in [5.74, 6) is 0. The minimum absolute atomic E-state index is 0.217. The molecular formula is C18H19N5O. The van der Waals surface area contributed by atoms with Crippen molar-refractivity contribution in [2.24, 2.45) is 0 Å². The first-order valence-corrected chi connectivity index (χ1v) is 7.77. The van der Waals surface area contributed by atoms with Crippen molar-refractivity contribution in [1.29, 1.82) is 0 Å². The molecule has 122 valence electrons. The molecule has 0 aliphatic carbocycles. The number of hydrogen-bond donors (Lipinski definition) is 2. The van der Waals surface area contributed by atoms with Crippen LogP contribution in [-0.4, -0.2) is 27.3 Å². The van der Waals surface area contributed by atoms with E-state index >= 15 is 0 Å². The van der Waals surface area contributed by atoms with Crippen LogP contribution in [0.3, 0.4) is 0 Å². The smallest absolute Gasteiger partial charge is 0.319 e. The lowest BCUT2D eigenvalue weighted by molar-refractivity contribution is 0.251. The lowest BCUT2D eigenvalue weighted by Gasteiger charge is -2.09. The molecule has 24 heavy (non-hydrogen) atoms. The van der Waals surface area contributed by atoms with Crippen molar-refractivity contribution in [3.63, 3.8) is 0 Å². The molecule has 0 atom stereocenters. The Morgan fingerprint density at radius 2 is 1.92 bits per heavy atom. The van der Waals surface area contributed by atoms with Gasteiger partial charge in [0.25, 0.3) is 0 Å². The number of benzene rings is 1. The third-order valence-corrected chi connectivity index (χ3v) is 3.64. The van der Waals surface area contributed by atoms with Gasteiger partial charge in [0.1, 0.15) is 0 Å². The van der Waals surface area contributed by atoms with E-state index in [1.165, 1.54) is 0 Å². The van der Waals surface area contributed by atoms with Crippen LogP contribution in [0.25, 0.3) is 11.3 Å². The highest BCUT2D eigenvalue weighted by atomic mass is 16.2. The predicted molar refractivity (Wildman–Crippen MR) is 93.7 cm³/mol. The van der Waals surface area contributed by atoms with Crippen molar-refractivity contribution in [2.75, 3.05) is 11.9 Å². The van der Waals surface area contributed by atoms with Crippen LogP contribution < -0.4 is 10.6 Å². The maximum atomic E-state index is 11.9. The molecule has 1 aromatic carbocycles.